The Balaban J connectivity index is 1.90. The highest BCUT2D eigenvalue weighted by atomic mass is 35.5. The summed E-state index contributed by atoms with van der Waals surface area (Å²) in [5.41, 5.74) is 1.19. The molecule has 0 saturated carbocycles. The molecule has 0 aliphatic carbocycles. The Bertz CT molecular complexity index is 542. The van der Waals surface area contributed by atoms with Gasteiger partial charge in [0.15, 0.2) is 0 Å². The number of hydrogen-bond acceptors (Lipinski definition) is 2. The average Bonchev–Trinajstić information content (AvgIpc) is 2.45. The summed E-state index contributed by atoms with van der Waals surface area (Å²) < 4.78 is 5.76. The number of nitrogens with one attached hydrogen (secondary N) is 1. The summed E-state index contributed by atoms with van der Waals surface area (Å²) in [4.78, 5) is 0. The molecule has 1 N–H and O–H groups in total. The Morgan fingerprint density at radius 1 is 1.05 bits per heavy atom. The number of hydrogen-bond donors (Lipinski definition) is 1. The highest BCUT2D eigenvalue weighted by molar-refractivity contribution is 6.30. The van der Waals surface area contributed by atoms with Crippen LogP contribution in [0, 0.1) is 0 Å². The molecule has 0 saturated heterocycles. The van der Waals surface area contributed by atoms with Crippen molar-refractivity contribution in [1.82, 2.24) is 5.32 Å². The standard InChI is InChI=1S/C16H17Cl2NO/c1-19-15(10-12-3-2-4-14(18)9-12)11-20-16-7-5-13(17)6-8-16/h2-9,15,19H,10-11H2,1H3. The number of likely N-dealkylation sites (N-methyl/N-ethyl adjacent to an activating group) is 1. The second-order valence-corrected chi connectivity index (χ2v) is 5.46. The Labute approximate surface area is 129 Å². The van der Waals surface area contributed by atoms with Crippen molar-refractivity contribution in [3.63, 3.8) is 0 Å². The Morgan fingerprint density at radius 2 is 1.80 bits per heavy atom. The van der Waals surface area contributed by atoms with Gasteiger partial charge < -0.3 is 10.1 Å². The summed E-state index contributed by atoms with van der Waals surface area (Å²) >= 11 is 11.8. The molecule has 20 heavy (non-hydrogen) atoms. The highest BCUT2D eigenvalue weighted by Crippen LogP contribution is 2.16. The fraction of sp³-hybridized carbons (Fsp3) is 0.250. The minimum atomic E-state index is 0.226. The van der Waals surface area contributed by atoms with E-state index in [0.717, 1.165) is 17.2 Å². The topological polar surface area (TPSA) is 21.3 Å². The fourth-order valence-electron chi connectivity index (χ4n) is 1.92. The molecule has 2 nitrogen and oxygen atoms in total. The van der Waals surface area contributed by atoms with Crippen molar-refractivity contribution in [1.29, 1.82) is 0 Å². The zero-order chi connectivity index (χ0) is 14.4. The molecule has 4 heteroatoms. The van der Waals surface area contributed by atoms with Crippen molar-refractivity contribution in [3.05, 3.63) is 64.1 Å². The molecule has 2 aromatic carbocycles. The molecular weight excluding hydrogens is 293 g/mol. The number of halogens is 2. The van der Waals surface area contributed by atoms with Gasteiger partial charge in [0.25, 0.3) is 0 Å². The smallest absolute Gasteiger partial charge is 0.119 e. The van der Waals surface area contributed by atoms with E-state index in [1.807, 2.05) is 49.5 Å². The first-order valence-corrected chi connectivity index (χ1v) is 7.23. The van der Waals surface area contributed by atoms with Crippen LogP contribution in [0.25, 0.3) is 0 Å². The second kappa shape index (κ2) is 7.53. The summed E-state index contributed by atoms with van der Waals surface area (Å²) in [6.07, 6.45) is 0.866. The van der Waals surface area contributed by atoms with Crippen molar-refractivity contribution >= 4 is 23.2 Å². The molecule has 0 radical (unpaired) electrons. The lowest BCUT2D eigenvalue weighted by atomic mass is 10.1. The normalized spacial score (nSPS) is 12.2. The molecule has 2 rings (SSSR count). The van der Waals surface area contributed by atoms with Crippen molar-refractivity contribution < 1.29 is 4.74 Å². The van der Waals surface area contributed by atoms with Gasteiger partial charge in [-0.15, -0.1) is 0 Å². The van der Waals surface area contributed by atoms with Gasteiger partial charge in [0.1, 0.15) is 12.4 Å². The van der Waals surface area contributed by atoms with Crippen LogP contribution in [0.15, 0.2) is 48.5 Å². The van der Waals surface area contributed by atoms with Gasteiger partial charge in [-0.05, 0) is 55.4 Å². The second-order valence-electron chi connectivity index (χ2n) is 4.58. The van der Waals surface area contributed by atoms with E-state index < -0.39 is 0 Å². The van der Waals surface area contributed by atoms with E-state index in [2.05, 4.69) is 11.4 Å². The van der Waals surface area contributed by atoms with Gasteiger partial charge in [-0.25, -0.2) is 0 Å². The average molecular weight is 310 g/mol. The highest BCUT2D eigenvalue weighted by Gasteiger charge is 2.08. The van der Waals surface area contributed by atoms with E-state index in [0.29, 0.717) is 11.6 Å². The summed E-state index contributed by atoms with van der Waals surface area (Å²) in [5, 5.41) is 4.73. The van der Waals surface area contributed by atoms with Crippen molar-refractivity contribution in [3.8, 4) is 5.75 Å². The molecule has 0 aliphatic rings. The number of benzene rings is 2. The third-order valence-corrected chi connectivity index (χ3v) is 3.53. The zero-order valence-corrected chi connectivity index (χ0v) is 12.8. The van der Waals surface area contributed by atoms with E-state index in [1.165, 1.54) is 5.56 Å². The van der Waals surface area contributed by atoms with Gasteiger partial charge >= 0.3 is 0 Å². The minimum absolute atomic E-state index is 0.226. The Hall–Kier alpha value is -1.22. The van der Waals surface area contributed by atoms with Crippen molar-refractivity contribution in [2.24, 2.45) is 0 Å². The van der Waals surface area contributed by atoms with Gasteiger partial charge in [-0.1, -0.05) is 35.3 Å². The molecule has 0 amide bonds. The van der Waals surface area contributed by atoms with E-state index in [-0.39, 0.29) is 6.04 Å². The monoisotopic (exact) mass is 309 g/mol. The molecule has 0 aliphatic heterocycles. The lowest BCUT2D eigenvalue weighted by molar-refractivity contribution is 0.270. The summed E-state index contributed by atoms with van der Waals surface area (Å²) in [6.45, 7) is 0.588. The first-order valence-electron chi connectivity index (χ1n) is 6.47. The number of ether oxygens (including phenoxy) is 1. The summed E-state index contributed by atoms with van der Waals surface area (Å²) in [7, 11) is 1.93. The maximum absolute atomic E-state index is 6.00. The van der Waals surface area contributed by atoms with Crippen LogP contribution in [0.5, 0.6) is 5.75 Å². The molecule has 1 unspecified atom stereocenters. The molecule has 106 valence electrons. The number of rotatable bonds is 6. The molecule has 2 aromatic rings. The van der Waals surface area contributed by atoms with Crippen LogP contribution in [0.2, 0.25) is 10.0 Å². The van der Waals surface area contributed by atoms with Crippen LogP contribution in [0.3, 0.4) is 0 Å². The molecule has 0 bridgehead atoms. The lowest BCUT2D eigenvalue weighted by Gasteiger charge is -2.17. The molecular formula is C16H17Cl2NO. The lowest BCUT2D eigenvalue weighted by Crippen LogP contribution is -2.33. The predicted molar refractivity (Wildman–Crippen MR) is 85.0 cm³/mol. The van der Waals surface area contributed by atoms with Crippen LogP contribution in [0.1, 0.15) is 5.56 Å². The predicted octanol–water partition coefficient (Wildman–Crippen LogP) is 4.20. The maximum Gasteiger partial charge on any atom is 0.119 e. The fourth-order valence-corrected chi connectivity index (χ4v) is 2.26. The van der Waals surface area contributed by atoms with E-state index in [1.54, 1.807) is 0 Å². The third-order valence-electron chi connectivity index (χ3n) is 3.04. The van der Waals surface area contributed by atoms with Crippen molar-refractivity contribution in [2.75, 3.05) is 13.7 Å². The largest absolute Gasteiger partial charge is 0.492 e. The Kier molecular flexibility index (Phi) is 5.72. The molecule has 0 fully saturated rings. The van der Waals surface area contributed by atoms with Crippen LogP contribution >= 0.6 is 23.2 Å². The molecule has 0 spiro atoms. The third kappa shape index (κ3) is 4.71. The zero-order valence-electron chi connectivity index (χ0n) is 11.3. The van der Waals surface area contributed by atoms with Gasteiger partial charge in [0.2, 0.25) is 0 Å². The molecule has 0 aromatic heterocycles. The maximum atomic E-state index is 6.00. The molecule has 0 heterocycles. The van der Waals surface area contributed by atoms with Crippen LogP contribution in [-0.4, -0.2) is 19.7 Å². The van der Waals surface area contributed by atoms with E-state index in [9.17, 15) is 0 Å². The summed E-state index contributed by atoms with van der Waals surface area (Å²) in [6, 6.07) is 15.5. The first-order chi connectivity index (χ1) is 9.67. The molecule has 1 atom stereocenters. The van der Waals surface area contributed by atoms with E-state index >= 15 is 0 Å². The SMILES string of the molecule is CNC(COc1ccc(Cl)cc1)Cc1cccc(Cl)c1. The van der Waals surface area contributed by atoms with Gasteiger partial charge in [0, 0.05) is 16.1 Å². The van der Waals surface area contributed by atoms with Crippen LogP contribution in [0.4, 0.5) is 0 Å². The minimum Gasteiger partial charge on any atom is -0.492 e. The van der Waals surface area contributed by atoms with Gasteiger partial charge in [-0.3, -0.25) is 0 Å². The van der Waals surface area contributed by atoms with Gasteiger partial charge in [0.05, 0.1) is 0 Å². The summed E-state index contributed by atoms with van der Waals surface area (Å²) in [5.74, 6) is 0.820. The van der Waals surface area contributed by atoms with Crippen molar-refractivity contribution in [2.45, 2.75) is 12.5 Å². The first kappa shape index (κ1) is 15.2. The van der Waals surface area contributed by atoms with Gasteiger partial charge in [-0.2, -0.15) is 0 Å². The van der Waals surface area contributed by atoms with Crippen LogP contribution < -0.4 is 10.1 Å². The Morgan fingerprint density at radius 3 is 2.45 bits per heavy atom. The van der Waals surface area contributed by atoms with Crippen LogP contribution in [-0.2, 0) is 6.42 Å². The quantitative estimate of drug-likeness (QED) is 0.863. The van der Waals surface area contributed by atoms with E-state index in [4.69, 9.17) is 27.9 Å².